The van der Waals surface area contributed by atoms with E-state index in [1.807, 2.05) is 18.2 Å². The predicted octanol–water partition coefficient (Wildman–Crippen LogP) is 2.84. The second-order valence-corrected chi connectivity index (χ2v) is 6.32. The fraction of sp³-hybridized carbons (Fsp3) is 0.600. The third kappa shape index (κ3) is 2.54. The average Bonchev–Trinajstić information content (AvgIpc) is 2.41. The van der Waals surface area contributed by atoms with Crippen molar-refractivity contribution < 1.29 is 0 Å². The maximum absolute atomic E-state index is 6.11. The molecule has 104 valence electrons. The lowest BCUT2D eigenvalue weighted by Crippen LogP contribution is -2.52. The Morgan fingerprint density at radius 2 is 2.11 bits per heavy atom. The fourth-order valence-corrected chi connectivity index (χ4v) is 3.83. The molecule has 2 aliphatic heterocycles. The molecule has 1 aromatic carbocycles. The number of rotatable bonds is 1. The summed E-state index contributed by atoms with van der Waals surface area (Å²) < 4.78 is 0. The first-order valence-corrected chi connectivity index (χ1v) is 7.53. The first kappa shape index (κ1) is 13.1. The zero-order valence-electron chi connectivity index (χ0n) is 11.5. The molecule has 2 heterocycles. The van der Waals surface area contributed by atoms with Gasteiger partial charge >= 0.3 is 0 Å². The van der Waals surface area contributed by atoms with E-state index in [1.165, 1.54) is 25.8 Å². The second kappa shape index (κ2) is 5.22. The molecule has 2 unspecified atom stereocenters. The van der Waals surface area contributed by atoms with Crippen molar-refractivity contribution in [1.29, 1.82) is 0 Å². The Bertz CT molecular complexity index is 463. The summed E-state index contributed by atoms with van der Waals surface area (Å²) in [5.74, 6) is 0.769. The third-order valence-corrected chi connectivity index (χ3v) is 4.91. The third-order valence-electron chi connectivity index (χ3n) is 4.68. The quantitative estimate of drug-likeness (QED) is 0.803. The summed E-state index contributed by atoms with van der Waals surface area (Å²) in [6.45, 7) is 3.44. The van der Waals surface area contributed by atoms with Crippen molar-refractivity contribution in [3.63, 3.8) is 0 Å². The molecular formula is C15H22ClN3. The maximum Gasteiger partial charge on any atom is 0.0614 e. The molecule has 4 heteroatoms. The second-order valence-electron chi connectivity index (χ2n) is 5.89. The summed E-state index contributed by atoms with van der Waals surface area (Å²) in [4.78, 5) is 4.95. The van der Waals surface area contributed by atoms with Crippen LogP contribution in [0.2, 0.25) is 5.02 Å². The molecule has 2 aliphatic rings. The number of nitrogens with two attached hydrogens (primary N) is 1. The van der Waals surface area contributed by atoms with E-state index in [9.17, 15) is 0 Å². The van der Waals surface area contributed by atoms with Crippen LogP contribution in [0.3, 0.4) is 0 Å². The van der Waals surface area contributed by atoms with Crippen LogP contribution in [0, 0.1) is 5.92 Å². The Labute approximate surface area is 120 Å². The van der Waals surface area contributed by atoms with Crippen molar-refractivity contribution in [1.82, 2.24) is 4.90 Å². The van der Waals surface area contributed by atoms with Crippen molar-refractivity contribution in [2.75, 3.05) is 37.3 Å². The highest BCUT2D eigenvalue weighted by Crippen LogP contribution is 2.35. The van der Waals surface area contributed by atoms with Gasteiger partial charge < -0.3 is 15.5 Å². The van der Waals surface area contributed by atoms with Gasteiger partial charge in [0.1, 0.15) is 0 Å². The lowest BCUT2D eigenvalue weighted by atomic mass is 9.84. The van der Waals surface area contributed by atoms with Crippen LogP contribution in [0.1, 0.15) is 19.3 Å². The fourth-order valence-electron chi connectivity index (χ4n) is 3.66. The molecule has 0 saturated carbocycles. The molecule has 1 aromatic rings. The smallest absolute Gasteiger partial charge is 0.0614 e. The summed E-state index contributed by atoms with van der Waals surface area (Å²) in [5, 5.41) is 0.770. The Balaban J connectivity index is 1.79. The van der Waals surface area contributed by atoms with Gasteiger partial charge in [0.2, 0.25) is 0 Å². The molecule has 2 N–H and O–H groups in total. The number of benzene rings is 1. The molecule has 19 heavy (non-hydrogen) atoms. The van der Waals surface area contributed by atoms with E-state index in [1.54, 1.807) is 0 Å². The largest absolute Gasteiger partial charge is 0.397 e. The number of fused-ring (bicyclic) bond motifs is 1. The van der Waals surface area contributed by atoms with Crippen molar-refractivity contribution in [3.05, 3.63) is 23.2 Å². The van der Waals surface area contributed by atoms with Gasteiger partial charge in [0.15, 0.2) is 0 Å². The molecule has 3 rings (SSSR count). The van der Waals surface area contributed by atoms with Gasteiger partial charge in [-0.3, -0.25) is 0 Å². The summed E-state index contributed by atoms with van der Waals surface area (Å²) in [7, 11) is 2.26. The van der Waals surface area contributed by atoms with Gasteiger partial charge in [-0.25, -0.2) is 0 Å². The number of nitrogen functional groups attached to an aromatic ring is 1. The minimum Gasteiger partial charge on any atom is -0.397 e. The average molecular weight is 280 g/mol. The minimum absolute atomic E-state index is 0.755. The van der Waals surface area contributed by atoms with Gasteiger partial charge in [-0.05, 0) is 57.0 Å². The van der Waals surface area contributed by atoms with Crippen molar-refractivity contribution in [2.45, 2.75) is 25.3 Å². The number of likely N-dealkylation sites (tertiary alicyclic amines) is 1. The molecule has 2 saturated heterocycles. The number of piperidine rings is 2. The summed E-state index contributed by atoms with van der Waals surface area (Å²) in [6.07, 6.45) is 3.88. The van der Waals surface area contributed by atoms with E-state index in [0.717, 1.165) is 41.4 Å². The van der Waals surface area contributed by atoms with E-state index in [2.05, 4.69) is 16.8 Å². The first-order valence-electron chi connectivity index (χ1n) is 7.15. The predicted molar refractivity (Wildman–Crippen MR) is 81.8 cm³/mol. The Kier molecular flexibility index (Phi) is 3.59. The van der Waals surface area contributed by atoms with Crippen LogP contribution in [-0.4, -0.2) is 37.6 Å². The molecule has 0 aliphatic carbocycles. The number of halogens is 1. The summed E-state index contributed by atoms with van der Waals surface area (Å²) >= 11 is 6.11. The SMILES string of the molecule is CN1CCCC2CN(c3cc(Cl)ccc3N)CCC21. The molecule has 0 radical (unpaired) electrons. The number of anilines is 2. The molecule has 0 bridgehead atoms. The minimum atomic E-state index is 0.755. The molecule has 0 aromatic heterocycles. The standard InChI is InChI=1S/C15H22ClN3/c1-18-7-2-3-11-10-19(8-6-14(11)18)15-9-12(16)4-5-13(15)17/h4-5,9,11,14H,2-3,6-8,10,17H2,1H3. The monoisotopic (exact) mass is 279 g/mol. The van der Waals surface area contributed by atoms with Gasteiger partial charge in [-0.1, -0.05) is 11.6 Å². The van der Waals surface area contributed by atoms with Crippen molar-refractivity contribution in [3.8, 4) is 0 Å². The highest BCUT2D eigenvalue weighted by molar-refractivity contribution is 6.31. The molecule has 3 nitrogen and oxygen atoms in total. The number of hydrogen-bond donors (Lipinski definition) is 1. The van der Waals surface area contributed by atoms with Gasteiger partial charge in [0, 0.05) is 24.2 Å². The molecule has 2 fully saturated rings. The first-order chi connectivity index (χ1) is 9.15. The zero-order valence-corrected chi connectivity index (χ0v) is 12.2. The molecule has 0 spiro atoms. The lowest BCUT2D eigenvalue weighted by molar-refractivity contribution is 0.102. The van der Waals surface area contributed by atoms with Crippen LogP contribution in [0.15, 0.2) is 18.2 Å². The number of nitrogens with zero attached hydrogens (tertiary/aromatic N) is 2. The van der Waals surface area contributed by atoms with Crippen LogP contribution < -0.4 is 10.6 Å². The summed E-state index contributed by atoms with van der Waals surface area (Å²) in [5.41, 5.74) is 8.06. The van der Waals surface area contributed by atoms with Crippen LogP contribution in [-0.2, 0) is 0 Å². The lowest BCUT2D eigenvalue weighted by Gasteiger charge is -2.46. The summed E-state index contributed by atoms with van der Waals surface area (Å²) in [6, 6.07) is 6.53. The number of hydrogen-bond acceptors (Lipinski definition) is 3. The zero-order chi connectivity index (χ0) is 13.4. The normalized spacial score (nSPS) is 28.2. The van der Waals surface area contributed by atoms with Gasteiger partial charge in [-0.15, -0.1) is 0 Å². The topological polar surface area (TPSA) is 32.5 Å². The molecule has 2 atom stereocenters. The highest BCUT2D eigenvalue weighted by Gasteiger charge is 2.34. The van der Waals surface area contributed by atoms with E-state index >= 15 is 0 Å². The highest BCUT2D eigenvalue weighted by atomic mass is 35.5. The Morgan fingerprint density at radius 3 is 2.95 bits per heavy atom. The van der Waals surface area contributed by atoms with Gasteiger partial charge in [-0.2, -0.15) is 0 Å². The van der Waals surface area contributed by atoms with Crippen molar-refractivity contribution in [2.24, 2.45) is 5.92 Å². The van der Waals surface area contributed by atoms with E-state index in [-0.39, 0.29) is 0 Å². The van der Waals surface area contributed by atoms with Crippen LogP contribution in [0.4, 0.5) is 11.4 Å². The van der Waals surface area contributed by atoms with E-state index in [0.29, 0.717) is 0 Å². The van der Waals surface area contributed by atoms with Gasteiger partial charge in [0.05, 0.1) is 11.4 Å². The van der Waals surface area contributed by atoms with Gasteiger partial charge in [0.25, 0.3) is 0 Å². The van der Waals surface area contributed by atoms with E-state index in [4.69, 9.17) is 17.3 Å². The van der Waals surface area contributed by atoms with Crippen LogP contribution in [0.25, 0.3) is 0 Å². The van der Waals surface area contributed by atoms with Crippen molar-refractivity contribution >= 4 is 23.0 Å². The molecular weight excluding hydrogens is 258 g/mol. The van der Waals surface area contributed by atoms with E-state index < -0.39 is 0 Å². The van der Waals surface area contributed by atoms with Crippen LogP contribution in [0.5, 0.6) is 0 Å². The molecule has 0 amide bonds. The maximum atomic E-state index is 6.11. The van der Waals surface area contributed by atoms with Crippen LogP contribution >= 0.6 is 11.6 Å². The Hall–Kier alpha value is -0.930. The Morgan fingerprint density at radius 1 is 1.26 bits per heavy atom.